The number of fused-ring (bicyclic) bond motifs is 3. The molecule has 0 spiro atoms. The smallest absolute Gasteiger partial charge is 0.255 e. The van der Waals surface area contributed by atoms with E-state index in [-0.39, 0.29) is 35.3 Å². The van der Waals surface area contributed by atoms with Crippen LogP contribution in [0.3, 0.4) is 0 Å². The summed E-state index contributed by atoms with van der Waals surface area (Å²) in [6.45, 7) is 4.97. The molecule has 5 rings (SSSR count). The van der Waals surface area contributed by atoms with Crippen LogP contribution in [0.25, 0.3) is 0 Å². The minimum absolute atomic E-state index is 0.0207. The number of aliphatic hydroxyl groups is 3. The van der Waals surface area contributed by atoms with Gasteiger partial charge in [0.2, 0.25) is 5.78 Å². The summed E-state index contributed by atoms with van der Waals surface area (Å²) in [6, 6.07) is 0.561. The summed E-state index contributed by atoms with van der Waals surface area (Å²) in [5, 5.41) is 45.5. The van der Waals surface area contributed by atoms with E-state index in [9.17, 15) is 34.8 Å². The maximum atomic E-state index is 14.1. The molecule has 0 bridgehead atoms. The number of Topliss-reactive ketones (excluding diaryl/α,β-unsaturated/α-hetero) is 2. The van der Waals surface area contributed by atoms with Gasteiger partial charge in [-0.2, -0.15) is 0 Å². The molecule has 1 amide bonds. The lowest BCUT2D eigenvalue weighted by molar-refractivity contribution is -0.148. The predicted octanol–water partition coefficient (Wildman–Crippen LogP) is 1.81. The minimum Gasteiger partial charge on any atom is -0.510 e. The number of primary amides is 1. The SMILES string of the molecule is CN(C)c1c(CN(C)C(C)(C)C2CC2)cc(O)c2c1C[C@H]1C[C@H]3[C@H](N(C)C)C(O)=C(C(N)=O)C(=O)[C@@]3(O)C(O)=C1C2=O. The number of nitrogens with two attached hydrogens (primary N) is 1. The van der Waals surface area contributed by atoms with Crippen LogP contribution in [0.2, 0.25) is 0 Å². The number of aromatic hydroxyl groups is 1. The Morgan fingerprint density at radius 3 is 2.24 bits per heavy atom. The monoisotopic (exact) mass is 582 g/mol. The summed E-state index contributed by atoms with van der Waals surface area (Å²) in [6.07, 6.45) is 2.66. The average molecular weight is 583 g/mol. The Balaban J connectivity index is 1.66. The van der Waals surface area contributed by atoms with Gasteiger partial charge in [-0.15, -0.1) is 0 Å². The Morgan fingerprint density at radius 2 is 1.71 bits per heavy atom. The van der Waals surface area contributed by atoms with Crippen molar-refractivity contribution in [2.75, 3.05) is 40.1 Å². The number of allylic oxidation sites excluding steroid dienone is 1. The van der Waals surface area contributed by atoms with Crippen molar-refractivity contribution in [2.24, 2.45) is 23.5 Å². The molecule has 11 nitrogen and oxygen atoms in total. The number of benzene rings is 1. The second-order valence-corrected chi connectivity index (χ2v) is 13.4. The fourth-order valence-corrected chi connectivity index (χ4v) is 7.61. The summed E-state index contributed by atoms with van der Waals surface area (Å²) >= 11 is 0. The van der Waals surface area contributed by atoms with Gasteiger partial charge in [-0.3, -0.25) is 24.2 Å². The average Bonchev–Trinajstić information content (AvgIpc) is 3.71. The molecular formula is C31H42N4O7. The second kappa shape index (κ2) is 9.82. The van der Waals surface area contributed by atoms with Gasteiger partial charge in [0.05, 0.1) is 11.6 Å². The fraction of sp³-hybridized carbons (Fsp3) is 0.581. The Labute approximate surface area is 245 Å². The molecule has 1 fully saturated rings. The van der Waals surface area contributed by atoms with Crippen molar-refractivity contribution in [3.63, 3.8) is 0 Å². The van der Waals surface area contributed by atoms with Gasteiger partial charge in [-0.25, -0.2) is 0 Å². The molecule has 6 N–H and O–H groups in total. The Morgan fingerprint density at radius 1 is 1.10 bits per heavy atom. The first-order valence-corrected chi connectivity index (χ1v) is 14.4. The minimum atomic E-state index is -2.65. The van der Waals surface area contributed by atoms with Crippen LogP contribution in [0.1, 0.15) is 54.6 Å². The molecule has 0 radical (unpaired) electrons. The molecule has 1 aromatic rings. The van der Waals surface area contributed by atoms with E-state index in [2.05, 4.69) is 25.8 Å². The van der Waals surface area contributed by atoms with Gasteiger partial charge < -0.3 is 31.1 Å². The van der Waals surface area contributed by atoms with Gasteiger partial charge in [-0.05, 0) is 89.7 Å². The van der Waals surface area contributed by atoms with E-state index in [1.807, 2.05) is 19.0 Å². The third-order valence-corrected chi connectivity index (χ3v) is 10.2. The van der Waals surface area contributed by atoms with E-state index < -0.39 is 58.0 Å². The van der Waals surface area contributed by atoms with Crippen molar-refractivity contribution in [2.45, 2.75) is 63.3 Å². The highest BCUT2D eigenvalue weighted by Gasteiger charge is 2.63. The molecule has 0 aliphatic heterocycles. The van der Waals surface area contributed by atoms with E-state index >= 15 is 0 Å². The lowest BCUT2D eigenvalue weighted by Gasteiger charge is -2.50. The first-order chi connectivity index (χ1) is 19.5. The Hall–Kier alpha value is -3.41. The molecule has 1 aromatic carbocycles. The number of phenolic OH excluding ortho intramolecular Hbond substituents is 1. The van der Waals surface area contributed by atoms with Crippen LogP contribution in [0.5, 0.6) is 5.75 Å². The largest absolute Gasteiger partial charge is 0.510 e. The lowest BCUT2D eigenvalue weighted by atomic mass is 9.58. The number of rotatable bonds is 7. The van der Waals surface area contributed by atoms with Crippen LogP contribution in [-0.4, -0.2) is 100 Å². The number of hydrogen-bond donors (Lipinski definition) is 5. The maximum Gasteiger partial charge on any atom is 0.255 e. The molecule has 0 heterocycles. The molecule has 0 unspecified atom stereocenters. The zero-order chi connectivity index (χ0) is 31.2. The zero-order valence-electron chi connectivity index (χ0n) is 25.4. The molecule has 228 valence electrons. The van der Waals surface area contributed by atoms with Crippen LogP contribution in [0, 0.1) is 17.8 Å². The number of carbonyl (C=O) groups excluding carboxylic acids is 3. The number of nitrogens with zero attached hydrogens (tertiary/aromatic N) is 3. The van der Waals surface area contributed by atoms with Crippen LogP contribution < -0.4 is 10.6 Å². The standard InChI is InChI=1S/C31H42N4O7/c1-30(2,16-8-9-16)35(7)13-15-12-19(36)21-17(23(15)33(3)4)10-14-11-18-24(34(5)6)26(38)22(29(32)41)28(40)31(18,42)27(39)20(14)25(21)37/h12,14,16,18,24,36,38-39,42H,8-11,13H2,1-7H3,(H2,32,41)/t14-,18-,24-,31-/m0/s1. The first-order valence-electron chi connectivity index (χ1n) is 14.4. The number of phenols is 1. The molecule has 4 aliphatic carbocycles. The van der Waals surface area contributed by atoms with Crippen LogP contribution in [0.4, 0.5) is 5.69 Å². The van der Waals surface area contributed by atoms with E-state index in [1.165, 1.54) is 12.8 Å². The third-order valence-electron chi connectivity index (χ3n) is 10.2. The number of carbonyl (C=O) groups is 3. The van der Waals surface area contributed by atoms with Crippen molar-refractivity contribution >= 4 is 23.2 Å². The summed E-state index contributed by atoms with van der Waals surface area (Å²) in [5.74, 6) is -5.93. The van der Waals surface area contributed by atoms with Crippen molar-refractivity contribution in [1.82, 2.24) is 9.80 Å². The van der Waals surface area contributed by atoms with Crippen LogP contribution >= 0.6 is 0 Å². The highest BCUT2D eigenvalue weighted by molar-refractivity contribution is 6.24. The fourth-order valence-electron chi connectivity index (χ4n) is 7.61. The zero-order valence-corrected chi connectivity index (χ0v) is 25.4. The van der Waals surface area contributed by atoms with Crippen LogP contribution in [0.15, 0.2) is 28.7 Å². The number of amides is 1. The summed E-state index contributed by atoms with van der Waals surface area (Å²) in [4.78, 5) is 45.5. The highest BCUT2D eigenvalue weighted by atomic mass is 16.3. The number of likely N-dealkylation sites (N-methyl/N-ethyl adjacent to an activating group) is 1. The van der Waals surface area contributed by atoms with Gasteiger partial charge in [-0.1, -0.05) is 0 Å². The highest BCUT2D eigenvalue weighted by Crippen LogP contribution is 2.53. The molecule has 4 atom stereocenters. The normalized spacial score (nSPS) is 27.8. The van der Waals surface area contributed by atoms with Gasteiger partial charge in [0.1, 0.15) is 22.8 Å². The first kappa shape index (κ1) is 30.1. The van der Waals surface area contributed by atoms with Crippen molar-refractivity contribution in [1.29, 1.82) is 0 Å². The van der Waals surface area contributed by atoms with Gasteiger partial charge in [0.15, 0.2) is 11.4 Å². The molecule has 4 aliphatic rings. The quantitative estimate of drug-likeness (QED) is 0.299. The third kappa shape index (κ3) is 4.16. The maximum absolute atomic E-state index is 14.1. The lowest BCUT2D eigenvalue weighted by Crippen LogP contribution is -2.63. The molecule has 0 saturated heterocycles. The number of ketones is 2. The number of anilines is 1. The van der Waals surface area contributed by atoms with Crippen LogP contribution in [-0.2, 0) is 22.6 Å². The van der Waals surface area contributed by atoms with E-state index in [4.69, 9.17) is 5.73 Å². The molecule has 42 heavy (non-hydrogen) atoms. The van der Waals surface area contributed by atoms with Crippen molar-refractivity contribution in [3.05, 3.63) is 45.4 Å². The van der Waals surface area contributed by atoms with Crippen molar-refractivity contribution in [3.8, 4) is 5.75 Å². The van der Waals surface area contributed by atoms with E-state index in [1.54, 1.807) is 25.1 Å². The molecule has 1 saturated carbocycles. The Bertz CT molecular complexity index is 1460. The van der Waals surface area contributed by atoms with E-state index in [0.29, 0.717) is 18.0 Å². The van der Waals surface area contributed by atoms with Crippen molar-refractivity contribution < 1.29 is 34.8 Å². The molecular weight excluding hydrogens is 540 g/mol. The molecule has 0 aromatic heterocycles. The Kier molecular flexibility index (Phi) is 7.03. The second-order valence-electron chi connectivity index (χ2n) is 13.4. The number of hydrogen-bond acceptors (Lipinski definition) is 10. The molecule has 11 heteroatoms. The summed E-state index contributed by atoms with van der Waals surface area (Å²) in [7, 11) is 9.04. The predicted molar refractivity (Wildman–Crippen MR) is 156 cm³/mol. The van der Waals surface area contributed by atoms with Gasteiger partial charge >= 0.3 is 0 Å². The van der Waals surface area contributed by atoms with Gasteiger partial charge in [0.25, 0.3) is 5.91 Å². The summed E-state index contributed by atoms with van der Waals surface area (Å²) in [5.41, 5.74) is 4.04. The van der Waals surface area contributed by atoms with E-state index in [0.717, 1.165) is 11.3 Å². The topological polar surface area (TPSA) is 168 Å². The van der Waals surface area contributed by atoms with Gasteiger partial charge in [0, 0.05) is 43.4 Å². The number of aliphatic hydroxyl groups excluding tert-OH is 2. The summed E-state index contributed by atoms with van der Waals surface area (Å²) < 4.78 is 0.